The molecule has 0 saturated carbocycles. The minimum Gasteiger partial charge on any atom is -0.352 e. The van der Waals surface area contributed by atoms with Gasteiger partial charge in [0.25, 0.3) is 5.91 Å². The largest absolute Gasteiger partial charge is 0.408 e. The van der Waals surface area contributed by atoms with E-state index in [4.69, 9.17) is 5.73 Å². The maximum Gasteiger partial charge on any atom is 0.408 e. The Hall–Kier alpha value is -3.57. The fraction of sp³-hybridized carbons (Fsp3) is 0.333. The molecule has 3 N–H and O–H groups in total. The van der Waals surface area contributed by atoms with Crippen molar-refractivity contribution in [3.8, 4) is 11.5 Å². The molecule has 0 spiro atoms. The first kappa shape index (κ1) is 23.2. The Morgan fingerprint density at radius 3 is 2.71 bits per heavy atom. The summed E-state index contributed by atoms with van der Waals surface area (Å²) in [7, 11) is 0. The van der Waals surface area contributed by atoms with Gasteiger partial charge in [-0.15, -0.1) is 10.2 Å². The third-order valence-electron chi connectivity index (χ3n) is 6.19. The zero-order valence-corrected chi connectivity index (χ0v) is 19.0. The van der Waals surface area contributed by atoms with Gasteiger partial charge in [0, 0.05) is 42.8 Å². The lowest BCUT2D eigenvalue weighted by atomic mass is 10.1. The number of fused-ring (bicyclic) bond motifs is 2. The van der Waals surface area contributed by atoms with Gasteiger partial charge in [-0.1, -0.05) is 18.2 Å². The number of carbonyl (C=O) groups is 1. The average Bonchev–Trinajstić information content (AvgIpc) is 3.43. The highest BCUT2D eigenvalue weighted by Gasteiger charge is 2.46. The van der Waals surface area contributed by atoms with Crippen LogP contribution in [0.1, 0.15) is 35.3 Å². The molecule has 11 heteroatoms. The molecule has 0 aliphatic carbocycles. The monoisotopic (exact) mass is 483 g/mol. The summed E-state index contributed by atoms with van der Waals surface area (Å²) < 4.78 is 43.8. The Labute approximate surface area is 199 Å². The van der Waals surface area contributed by atoms with Gasteiger partial charge in [-0.25, -0.2) is 4.98 Å². The summed E-state index contributed by atoms with van der Waals surface area (Å²) in [6, 6.07) is 9.65. The number of nitrogens with zero attached hydrogens (tertiary/aromatic N) is 5. The fourth-order valence-corrected chi connectivity index (χ4v) is 4.55. The van der Waals surface area contributed by atoms with E-state index in [9.17, 15) is 18.0 Å². The van der Waals surface area contributed by atoms with Gasteiger partial charge in [-0.3, -0.25) is 14.1 Å². The SMILES string of the molecule is CCNC(=O)c1ccc2ccc(-c3nnc4ccc(C(N5CCC(N)C5)C(F)(F)F)cn34)nc2c1. The first-order valence-corrected chi connectivity index (χ1v) is 11.3. The van der Waals surface area contributed by atoms with Crippen molar-refractivity contribution in [1.29, 1.82) is 0 Å². The van der Waals surface area contributed by atoms with Crippen LogP contribution in [0.2, 0.25) is 0 Å². The molecule has 0 bridgehead atoms. The van der Waals surface area contributed by atoms with E-state index in [0.29, 0.717) is 41.2 Å². The van der Waals surface area contributed by atoms with Crippen LogP contribution in [0.15, 0.2) is 48.7 Å². The summed E-state index contributed by atoms with van der Waals surface area (Å²) in [5.74, 6) is 0.102. The van der Waals surface area contributed by atoms with E-state index in [1.165, 1.54) is 27.6 Å². The highest BCUT2D eigenvalue weighted by molar-refractivity contribution is 5.98. The summed E-state index contributed by atoms with van der Waals surface area (Å²) in [6.45, 7) is 2.79. The quantitative estimate of drug-likeness (QED) is 0.452. The van der Waals surface area contributed by atoms with Crippen LogP contribution in [0.5, 0.6) is 0 Å². The topological polar surface area (TPSA) is 101 Å². The molecule has 4 heterocycles. The minimum atomic E-state index is -4.47. The van der Waals surface area contributed by atoms with Crippen LogP contribution in [0.4, 0.5) is 13.2 Å². The third kappa shape index (κ3) is 4.44. The average molecular weight is 483 g/mol. The highest BCUT2D eigenvalue weighted by atomic mass is 19.4. The van der Waals surface area contributed by atoms with Gasteiger partial charge < -0.3 is 11.1 Å². The van der Waals surface area contributed by atoms with Crippen molar-refractivity contribution in [3.05, 3.63) is 59.8 Å². The smallest absolute Gasteiger partial charge is 0.352 e. The molecule has 3 aromatic heterocycles. The van der Waals surface area contributed by atoms with Crippen molar-refractivity contribution in [3.63, 3.8) is 0 Å². The second-order valence-corrected chi connectivity index (χ2v) is 8.67. The second kappa shape index (κ2) is 8.90. The lowest BCUT2D eigenvalue weighted by Crippen LogP contribution is -2.38. The summed E-state index contributed by atoms with van der Waals surface area (Å²) in [6.07, 6.45) is -2.53. The van der Waals surface area contributed by atoms with E-state index in [1.807, 2.05) is 13.0 Å². The Balaban J connectivity index is 1.57. The van der Waals surface area contributed by atoms with Crippen LogP contribution in [0.25, 0.3) is 28.1 Å². The number of hydrogen-bond donors (Lipinski definition) is 2. The summed E-state index contributed by atoms with van der Waals surface area (Å²) in [4.78, 5) is 18.2. The molecule has 5 rings (SSSR count). The molecule has 1 amide bonds. The van der Waals surface area contributed by atoms with Gasteiger partial charge >= 0.3 is 6.18 Å². The number of nitrogens with two attached hydrogens (primary N) is 1. The second-order valence-electron chi connectivity index (χ2n) is 8.67. The number of likely N-dealkylation sites (tertiary alicyclic amines) is 1. The van der Waals surface area contributed by atoms with Gasteiger partial charge in [0.15, 0.2) is 11.5 Å². The number of pyridine rings is 2. The van der Waals surface area contributed by atoms with E-state index < -0.39 is 12.2 Å². The molecule has 1 aromatic carbocycles. The minimum absolute atomic E-state index is 0.0828. The molecule has 2 unspecified atom stereocenters. The Morgan fingerprint density at radius 2 is 2.00 bits per heavy atom. The lowest BCUT2D eigenvalue weighted by molar-refractivity contribution is -0.183. The van der Waals surface area contributed by atoms with Gasteiger partial charge in [0.05, 0.1) is 5.52 Å². The molecule has 0 radical (unpaired) electrons. The number of alkyl halides is 3. The van der Waals surface area contributed by atoms with Crippen molar-refractivity contribution in [2.75, 3.05) is 19.6 Å². The van der Waals surface area contributed by atoms with E-state index in [-0.39, 0.29) is 30.6 Å². The number of amides is 1. The lowest BCUT2D eigenvalue weighted by Gasteiger charge is -2.30. The third-order valence-corrected chi connectivity index (χ3v) is 6.19. The molecule has 4 aromatic rings. The summed E-state index contributed by atoms with van der Waals surface area (Å²) in [5.41, 5.74) is 7.84. The molecule has 1 saturated heterocycles. The van der Waals surface area contributed by atoms with E-state index in [0.717, 1.165) is 5.39 Å². The molecule has 8 nitrogen and oxygen atoms in total. The summed E-state index contributed by atoms with van der Waals surface area (Å²) >= 11 is 0. The maximum atomic E-state index is 14.1. The van der Waals surface area contributed by atoms with E-state index >= 15 is 0 Å². The number of benzene rings is 1. The Bertz CT molecular complexity index is 1400. The number of aromatic nitrogens is 4. The summed E-state index contributed by atoms with van der Waals surface area (Å²) in [5, 5.41) is 11.9. The molecule has 182 valence electrons. The van der Waals surface area contributed by atoms with Crippen molar-refractivity contribution >= 4 is 22.5 Å². The van der Waals surface area contributed by atoms with Gasteiger partial charge in [-0.05, 0) is 43.2 Å². The molecule has 2 atom stereocenters. The molecule has 1 fully saturated rings. The zero-order valence-electron chi connectivity index (χ0n) is 19.0. The predicted octanol–water partition coefficient (Wildman–Crippen LogP) is 3.33. The number of nitrogens with one attached hydrogen (secondary N) is 1. The van der Waals surface area contributed by atoms with Crippen LogP contribution in [0.3, 0.4) is 0 Å². The molecular weight excluding hydrogens is 459 g/mol. The maximum absolute atomic E-state index is 14.1. The standard InChI is InChI=1S/C24H24F3N7O/c1-2-29-23(35)15-4-3-14-5-7-18(30-19(14)11-15)22-32-31-20-8-6-16(12-34(20)22)21(24(25,26)27)33-10-9-17(28)13-33/h3-8,11-12,17,21H,2,9-10,13,28H2,1H3,(H,29,35). The first-order chi connectivity index (χ1) is 16.7. The molecule has 35 heavy (non-hydrogen) atoms. The number of hydrogen-bond acceptors (Lipinski definition) is 6. The van der Waals surface area contributed by atoms with Crippen LogP contribution >= 0.6 is 0 Å². The van der Waals surface area contributed by atoms with Crippen molar-refractivity contribution in [2.45, 2.75) is 31.6 Å². The van der Waals surface area contributed by atoms with Crippen molar-refractivity contribution < 1.29 is 18.0 Å². The van der Waals surface area contributed by atoms with Crippen LogP contribution < -0.4 is 11.1 Å². The van der Waals surface area contributed by atoms with Crippen LogP contribution in [-0.2, 0) is 0 Å². The van der Waals surface area contributed by atoms with E-state index in [1.54, 1.807) is 24.3 Å². The van der Waals surface area contributed by atoms with Crippen molar-refractivity contribution in [2.24, 2.45) is 5.73 Å². The van der Waals surface area contributed by atoms with E-state index in [2.05, 4.69) is 20.5 Å². The normalized spacial score (nSPS) is 17.8. The predicted molar refractivity (Wildman–Crippen MR) is 125 cm³/mol. The molecular formula is C24H24F3N7O. The van der Waals surface area contributed by atoms with Crippen LogP contribution in [-0.4, -0.2) is 62.2 Å². The first-order valence-electron chi connectivity index (χ1n) is 11.3. The van der Waals surface area contributed by atoms with Gasteiger partial charge in [0.1, 0.15) is 11.7 Å². The van der Waals surface area contributed by atoms with Crippen molar-refractivity contribution in [1.82, 2.24) is 29.8 Å². The molecule has 1 aliphatic heterocycles. The highest BCUT2D eigenvalue weighted by Crippen LogP contribution is 2.39. The van der Waals surface area contributed by atoms with Crippen LogP contribution in [0, 0.1) is 0 Å². The number of rotatable bonds is 5. The Morgan fingerprint density at radius 1 is 1.20 bits per heavy atom. The molecule has 1 aliphatic rings. The fourth-order valence-electron chi connectivity index (χ4n) is 4.55. The van der Waals surface area contributed by atoms with Gasteiger partial charge in [0.2, 0.25) is 0 Å². The number of halogens is 3. The zero-order chi connectivity index (χ0) is 24.7. The Kier molecular flexibility index (Phi) is 5.89. The van der Waals surface area contributed by atoms with Gasteiger partial charge in [-0.2, -0.15) is 13.2 Å². The number of carbonyl (C=O) groups excluding carboxylic acids is 1.